The van der Waals surface area contributed by atoms with Crippen molar-refractivity contribution in [3.8, 4) is 0 Å². The normalized spacial score (nSPS) is 13.7. The molecule has 0 amide bonds. The van der Waals surface area contributed by atoms with Crippen molar-refractivity contribution in [2.75, 3.05) is 0 Å². The maximum absolute atomic E-state index is 2.39. The van der Waals surface area contributed by atoms with Crippen molar-refractivity contribution in [2.24, 2.45) is 10.8 Å². The topological polar surface area (TPSA) is 0 Å². The zero-order chi connectivity index (χ0) is 15.1. The molecular weight excluding hydrogens is 248 g/mol. The second-order valence-electron chi connectivity index (χ2n) is 7.76. The molecule has 0 saturated carbocycles. The fourth-order valence-corrected chi connectivity index (χ4v) is 3.71. The highest BCUT2D eigenvalue weighted by Crippen LogP contribution is 2.54. The summed E-state index contributed by atoms with van der Waals surface area (Å²) in [6, 6.07) is 6.75. The predicted molar refractivity (Wildman–Crippen MR) is 89.1 cm³/mol. The third kappa shape index (κ3) is 3.37. The minimum absolute atomic E-state index is 0.184. The standard InChI is InChI=1S/C18H30S/c1-13-10-11-14(2)15(12-13)19-18(8,9)17(6,7)16(3,4)5/h10-12H,1-9H3. The Balaban J connectivity index is 3.12. The van der Waals surface area contributed by atoms with Crippen LogP contribution >= 0.6 is 11.8 Å². The molecule has 1 heteroatoms. The lowest BCUT2D eigenvalue weighted by molar-refractivity contribution is 0.0934. The fourth-order valence-electron chi connectivity index (χ4n) is 2.12. The first-order valence-corrected chi connectivity index (χ1v) is 7.96. The lowest BCUT2D eigenvalue weighted by atomic mass is 9.63. The van der Waals surface area contributed by atoms with Gasteiger partial charge in [-0.2, -0.15) is 0 Å². The quantitative estimate of drug-likeness (QED) is 0.589. The van der Waals surface area contributed by atoms with Gasteiger partial charge in [-0.3, -0.25) is 0 Å². The summed E-state index contributed by atoms with van der Waals surface area (Å²) in [7, 11) is 0. The van der Waals surface area contributed by atoms with Crippen LogP contribution in [-0.4, -0.2) is 4.75 Å². The van der Waals surface area contributed by atoms with Gasteiger partial charge in [0.1, 0.15) is 0 Å². The number of rotatable bonds is 3. The van der Waals surface area contributed by atoms with Crippen molar-refractivity contribution in [2.45, 2.75) is 72.0 Å². The monoisotopic (exact) mass is 278 g/mol. The Morgan fingerprint density at radius 1 is 0.842 bits per heavy atom. The molecule has 0 aliphatic carbocycles. The molecule has 0 saturated heterocycles. The summed E-state index contributed by atoms with van der Waals surface area (Å²) in [5.41, 5.74) is 3.24. The smallest absolute Gasteiger partial charge is 0.0206 e. The lowest BCUT2D eigenvalue weighted by Gasteiger charge is -2.50. The van der Waals surface area contributed by atoms with Gasteiger partial charge in [0, 0.05) is 9.64 Å². The van der Waals surface area contributed by atoms with Crippen LogP contribution in [0.5, 0.6) is 0 Å². The predicted octanol–water partition coefficient (Wildman–Crippen LogP) is 6.25. The van der Waals surface area contributed by atoms with Gasteiger partial charge in [0.15, 0.2) is 0 Å². The van der Waals surface area contributed by atoms with Crippen LogP contribution in [0.2, 0.25) is 0 Å². The minimum Gasteiger partial charge on any atom is -0.119 e. The number of aryl methyl sites for hydroxylation is 2. The molecule has 0 N–H and O–H groups in total. The Morgan fingerprint density at radius 2 is 1.37 bits per heavy atom. The molecule has 0 aromatic heterocycles. The van der Waals surface area contributed by atoms with Crippen LogP contribution in [0.3, 0.4) is 0 Å². The van der Waals surface area contributed by atoms with Crippen molar-refractivity contribution in [3.63, 3.8) is 0 Å². The van der Waals surface area contributed by atoms with Gasteiger partial charge >= 0.3 is 0 Å². The molecule has 0 bridgehead atoms. The van der Waals surface area contributed by atoms with E-state index >= 15 is 0 Å². The maximum atomic E-state index is 2.39. The van der Waals surface area contributed by atoms with E-state index in [0.717, 1.165) is 0 Å². The summed E-state index contributed by atoms with van der Waals surface area (Å²) in [6.45, 7) is 21.0. The van der Waals surface area contributed by atoms with E-state index in [4.69, 9.17) is 0 Å². The van der Waals surface area contributed by atoms with E-state index in [9.17, 15) is 0 Å². The molecule has 0 heterocycles. The first-order valence-electron chi connectivity index (χ1n) is 7.15. The molecule has 0 unspecified atom stereocenters. The van der Waals surface area contributed by atoms with Gasteiger partial charge in [-0.25, -0.2) is 0 Å². The Hall–Kier alpha value is -0.430. The Bertz CT molecular complexity index is 447. The average molecular weight is 279 g/mol. The fraction of sp³-hybridized carbons (Fsp3) is 0.667. The summed E-state index contributed by atoms with van der Waals surface area (Å²) in [5, 5.41) is 0. The van der Waals surface area contributed by atoms with Crippen LogP contribution < -0.4 is 0 Å². The summed E-state index contributed by atoms with van der Waals surface area (Å²) in [4.78, 5) is 1.42. The minimum atomic E-state index is 0.184. The molecule has 0 spiro atoms. The second-order valence-corrected chi connectivity index (χ2v) is 9.42. The van der Waals surface area contributed by atoms with E-state index in [1.807, 2.05) is 11.8 Å². The van der Waals surface area contributed by atoms with Gasteiger partial charge in [-0.15, -0.1) is 11.8 Å². The zero-order valence-electron chi connectivity index (χ0n) is 14.1. The van der Waals surface area contributed by atoms with Crippen molar-refractivity contribution in [1.82, 2.24) is 0 Å². The van der Waals surface area contributed by atoms with Gasteiger partial charge < -0.3 is 0 Å². The molecule has 0 radical (unpaired) electrons. The first-order chi connectivity index (χ1) is 8.38. The SMILES string of the molecule is Cc1ccc(C)c(SC(C)(C)C(C)(C)C(C)(C)C)c1. The van der Waals surface area contributed by atoms with Crippen molar-refractivity contribution >= 4 is 11.8 Å². The van der Waals surface area contributed by atoms with Crippen molar-refractivity contribution < 1.29 is 0 Å². The molecule has 0 aliphatic rings. The van der Waals surface area contributed by atoms with E-state index < -0.39 is 0 Å². The molecule has 0 atom stereocenters. The summed E-state index contributed by atoms with van der Waals surface area (Å²) in [5.74, 6) is 0. The number of hydrogen-bond acceptors (Lipinski definition) is 1. The van der Waals surface area contributed by atoms with Crippen LogP contribution in [0, 0.1) is 24.7 Å². The molecule has 1 rings (SSSR count). The number of benzene rings is 1. The summed E-state index contributed by atoms with van der Waals surface area (Å²) < 4.78 is 0.184. The summed E-state index contributed by atoms with van der Waals surface area (Å²) in [6.07, 6.45) is 0. The van der Waals surface area contributed by atoms with Crippen LogP contribution in [0.1, 0.15) is 59.6 Å². The van der Waals surface area contributed by atoms with Gasteiger partial charge in [0.2, 0.25) is 0 Å². The third-order valence-corrected chi connectivity index (χ3v) is 6.77. The maximum Gasteiger partial charge on any atom is 0.0206 e. The highest BCUT2D eigenvalue weighted by Gasteiger charge is 2.46. The Labute approximate surface area is 124 Å². The third-order valence-electron chi connectivity index (χ3n) is 5.09. The average Bonchev–Trinajstić information content (AvgIpc) is 2.21. The van der Waals surface area contributed by atoms with Gasteiger partial charge in [-0.1, -0.05) is 52.3 Å². The number of hydrogen-bond donors (Lipinski definition) is 0. The number of thioether (sulfide) groups is 1. The highest BCUT2D eigenvalue weighted by molar-refractivity contribution is 8.00. The molecule has 19 heavy (non-hydrogen) atoms. The van der Waals surface area contributed by atoms with Crippen LogP contribution in [-0.2, 0) is 0 Å². The molecule has 0 aliphatic heterocycles. The zero-order valence-corrected chi connectivity index (χ0v) is 15.0. The molecular formula is C18H30S. The van der Waals surface area contributed by atoms with Crippen molar-refractivity contribution in [1.29, 1.82) is 0 Å². The van der Waals surface area contributed by atoms with E-state index in [0.29, 0.717) is 0 Å². The van der Waals surface area contributed by atoms with Gasteiger partial charge in [0.05, 0.1) is 0 Å². The molecule has 1 aromatic rings. The molecule has 0 fully saturated rings. The Kier molecular flexibility index (Phi) is 4.52. The molecule has 0 nitrogen and oxygen atoms in total. The van der Waals surface area contributed by atoms with E-state index in [2.05, 4.69) is 80.5 Å². The molecule has 108 valence electrons. The highest BCUT2D eigenvalue weighted by atomic mass is 32.2. The summed E-state index contributed by atoms with van der Waals surface area (Å²) >= 11 is 2.02. The van der Waals surface area contributed by atoms with Crippen LogP contribution in [0.25, 0.3) is 0 Å². The van der Waals surface area contributed by atoms with Crippen LogP contribution in [0.4, 0.5) is 0 Å². The van der Waals surface area contributed by atoms with E-state index in [1.165, 1.54) is 16.0 Å². The largest absolute Gasteiger partial charge is 0.119 e. The second kappa shape index (κ2) is 5.16. The lowest BCUT2D eigenvalue weighted by Crippen LogP contribution is -2.45. The van der Waals surface area contributed by atoms with E-state index in [-0.39, 0.29) is 15.6 Å². The Morgan fingerprint density at radius 3 is 1.84 bits per heavy atom. The molecule has 1 aromatic carbocycles. The van der Waals surface area contributed by atoms with Crippen LogP contribution in [0.15, 0.2) is 23.1 Å². The van der Waals surface area contributed by atoms with Gasteiger partial charge in [0.25, 0.3) is 0 Å². The van der Waals surface area contributed by atoms with E-state index in [1.54, 1.807) is 0 Å². The van der Waals surface area contributed by atoms with Crippen molar-refractivity contribution in [3.05, 3.63) is 29.3 Å². The van der Waals surface area contributed by atoms with Gasteiger partial charge in [-0.05, 0) is 50.2 Å². The first kappa shape index (κ1) is 16.6.